The molecule has 0 radical (unpaired) electrons. The molecule has 0 saturated carbocycles. The average molecular weight is 347 g/mol. The van der Waals surface area contributed by atoms with Gasteiger partial charge in [0.25, 0.3) is 0 Å². The lowest BCUT2D eigenvalue weighted by molar-refractivity contribution is -0.154. The van der Waals surface area contributed by atoms with Crippen LogP contribution in [-0.2, 0) is 19.1 Å². The number of hydrogen-bond acceptors (Lipinski definition) is 6. The van der Waals surface area contributed by atoms with Gasteiger partial charge in [-0.05, 0) is 47.7 Å². The van der Waals surface area contributed by atoms with E-state index in [-0.39, 0.29) is 29.9 Å². The van der Waals surface area contributed by atoms with Gasteiger partial charge >= 0.3 is 11.9 Å². The third-order valence-electron chi connectivity index (χ3n) is 3.69. The van der Waals surface area contributed by atoms with Crippen molar-refractivity contribution >= 4 is 11.9 Å². The van der Waals surface area contributed by atoms with E-state index in [1.807, 2.05) is 53.6 Å². The van der Waals surface area contributed by atoms with Crippen molar-refractivity contribution < 1.29 is 24.2 Å². The zero-order chi connectivity index (χ0) is 19.3. The van der Waals surface area contributed by atoms with Gasteiger partial charge in [0.05, 0.1) is 17.4 Å². The fraction of sp³-hybridized carbons (Fsp3) is 0.889. The standard InChI is InChI=1S/C10H21NO2.C8H16O3/c1-6-10(2,3)9(12)13-8-7-11(4)5;1-4-6(2)8(10)11-5-7(3)9/h6-8H2,1-5H3;6-7,9H,4-5H2,1-3H3. The molecule has 6 nitrogen and oxygen atoms in total. The molecule has 0 heterocycles. The van der Waals surface area contributed by atoms with Gasteiger partial charge in [-0.3, -0.25) is 9.59 Å². The number of hydrogen-bond donors (Lipinski definition) is 1. The number of carbonyl (C=O) groups is 2. The lowest BCUT2D eigenvalue weighted by Crippen LogP contribution is -2.28. The van der Waals surface area contributed by atoms with Crippen molar-refractivity contribution in [2.24, 2.45) is 11.3 Å². The quantitative estimate of drug-likeness (QED) is 0.646. The highest BCUT2D eigenvalue weighted by Gasteiger charge is 2.26. The number of carbonyl (C=O) groups excluding carboxylic acids is 2. The molecule has 0 aliphatic rings. The summed E-state index contributed by atoms with van der Waals surface area (Å²) in [4.78, 5) is 24.4. The molecular weight excluding hydrogens is 310 g/mol. The van der Waals surface area contributed by atoms with Gasteiger partial charge in [0, 0.05) is 6.54 Å². The van der Waals surface area contributed by atoms with Crippen LogP contribution in [-0.4, -0.2) is 61.9 Å². The van der Waals surface area contributed by atoms with Crippen LogP contribution in [0.1, 0.15) is 54.4 Å². The average Bonchev–Trinajstić information content (AvgIpc) is 2.51. The van der Waals surface area contributed by atoms with Crippen LogP contribution in [0.15, 0.2) is 0 Å². The molecule has 0 amide bonds. The monoisotopic (exact) mass is 347 g/mol. The zero-order valence-corrected chi connectivity index (χ0v) is 16.7. The molecule has 0 aromatic carbocycles. The summed E-state index contributed by atoms with van der Waals surface area (Å²) in [5, 5.41) is 8.78. The van der Waals surface area contributed by atoms with Crippen molar-refractivity contribution in [1.82, 2.24) is 4.90 Å². The number of aliphatic hydroxyl groups is 1. The summed E-state index contributed by atoms with van der Waals surface area (Å²) in [5.41, 5.74) is -0.341. The molecule has 2 atom stereocenters. The molecule has 0 aromatic rings. The normalized spacial score (nSPS) is 13.6. The number of aliphatic hydroxyl groups excluding tert-OH is 1. The summed E-state index contributed by atoms with van der Waals surface area (Å²) in [6.45, 7) is 12.5. The van der Waals surface area contributed by atoms with E-state index in [0.29, 0.717) is 6.61 Å². The van der Waals surface area contributed by atoms with Gasteiger partial charge in [0.15, 0.2) is 0 Å². The van der Waals surface area contributed by atoms with Gasteiger partial charge in [-0.15, -0.1) is 0 Å². The van der Waals surface area contributed by atoms with Crippen LogP contribution in [0.5, 0.6) is 0 Å². The summed E-state index contributed by atoms with van der Waals surface area (Å²) in [6, 6.07) is 0. The van der Waals surface area contributed by atoms with Crippen molar-refractivity contribution in [2.45, 2.75) is 60.5 Å². The van der Waals surface area contributed by atoms with E-state index in [0.717, 1.165) is 19.4 Å². The second kappa shape index (κ2) is 13.2. The second-order valence-corrected chi connectivity index (χ2v) is 6.96. The first-order valence-electron chi connectivity index (χ1n) is 8.64. The molecule has 2 unspecified atom stereocenters. The first-order valence-corrected chi connectivity index (χ1v) is 8.64. The largest absolute Gasteiger partial charge is 0.464 e. The Labute approximate surface area is 147 Å². The second-order valence-electron chi connectivity index (χ2n) is 6.96. The highest BCUT2D eigenvalue weighted by atomic mass is 16.5. The minimum absolute atomic E-state index is 0.0613. The topological polar surface area (TPSA) is 76.1 Å². The highest BCUT2D eigenvalue weighted by molar-refractivity contribution is 5.75. The van der Waals surface area contributed by atoms with Crippen LogP contribution >= 0.6 is 0 Å². The van der Waals surface area contributed by atoms with E-state index < -0.39 is 6.10 Å². The van der Waals surface area contributed by atoms with Crippen LogP contribution in [0.25, 0.3) is 0 Å². The molecule has 6 heteroatoms. The molecule has 144 valence electrons. The molecule has 0 aromatic heterocycles. The van der Waals surface area contributed by atoms with E-state index in [9.17, 15) is 9.59 Å². The van der Waals surface area contributed by atoms with E-state index in [1.54, 1.807) is 6.92 Å². The summed E-state index contributed by atoms with van der Waals surface area (Å²) in [6.07, 6.45) is 1.02. The predicted octanol–water partition coefficient (Wildman–Crippen LogP) is 2.48. The van der Waals surface area contributed by atoms with E-state index in [4.69, 9.17) is 14.6 Å². The van der Waals surface area contributed by atoms with Gasteiger partial charge in [0.2, 0.25) is 0 Å². The Kier molecular flexibility index (Phi) is 13.8. The third kappa shape index (κ3) is 13.3. The molecule has 0 saturated heterocycles. The van der Waals surface area contributed by atoms with E-state index in [2.05, 4.69) is 0 Å². The Hall–Kier alpha value is -1.14. The summed E-state index contributed by atoms with van der Waals surface area (Å²) in [7, 11) is 3.91. The predicted molar refractivity (Wildman–Crippen MR) is 95.7 cm³/mol. The maximum absolute atomic E-state index is 11.4. The first-order chi connectivity index (χ1) is 11.0. The summed E-state index contributed by atoms with van der Waals surface area (Å²) < 4.78 is 9.90. The maximum atomic E-state index is 11.4. The molecule has 0 aliphatic carbocycles. The SMILES string of the molecule is CCC(C)(C)C(=O)OCCN(C)C.CCC(C)C(=O)OCC(C)O. The molecule has 0 fully saturated rings. The van der Waals surface area contributed by atoms with Crippen molar-refractivity contribution in [3.05, 3.63) is 0 Å². The van der Waals surface area contributed by atoms with Crippen molar-refractivity contribution in [1.29, 1.82) is 0 Å². The molecule has 1 N–H and O–H groups in total. The number of esters is 2. The molecule has 0 bridgehead atoms. The Morgan fingerprint density at radius 3 is 2.04 bits per heavy atom. The van der Waals surface area contributed by atoms with Crippen LogP contribution in [0.4, 0.5) is 0 Å². The molecule has 0 aliphatic heterocycles. The number of nitrogens with zero attached hydrogens (tertiary/aromatic N) is 1. The van der Waals surface area contributed by atoms with Crippen LogP contribution in [0.3, 0.4) is 0 Å². The Morgan fingerprint density at radius 1 is 1.12 bits per heavy atom. The van der Waals surface area contributed by atoms with Gasteiger partial charge in [-0.25, -0.2) is 0 Å². The first kappa shape index (κ1) is 25.1. The lowest BCUT2D eigenvalue weighted by atomic mass is 9.91. The fourth-order valence-corrected chi connectivity index (χ4v) is 1.17. The molecule has 24 heavy (non-hydrogen) atoms. The lowest BCUT2D eigenvalue weighted by Gasteiger charge is -2.20. The van der Waals surface area contributed by atoms with Crippen molar-refractivity contribution in [3.63, 3.8) is 0 Å². The van der Waals surface area contributed by atoms with Gasteiger partial charge in [0.1, 0.15) is 13.2 Å². The van der Waals surface area contributed by atoms with Crippen molar-refractivity contribution in [3.8, 4) is 0 Å². The number of ether oxygens (including phenoxy) is 2. The van der Waals surface area contributed by atoms with Crippen molar-refractivity contribution in [2.75, 3.05) is 33.9 Å². The van der Waals surface area contributed by atoms with Crippen LogP contribution < -0.4 is 0 Å². The Morgan fingerprint density at radius 2 is 1.67 bits per heavy atom. The smallest absolute Gasteiger partial charge is 0.311 e. The van der Waals surface area contributed by atoms with Crippen LogP contribution in [0, 0.1) is 11.3 Å². The number of likely N-dealkylation sites (N-methyl/N-ethyl adjacent to an activating group) is 1. The van der Waals surface area contributed by atoms with Gasteiger partial charge in [-0.2, -0.15) is 0 Å². The minimum atomic E-state index is -0.567. The van der Waals surface area contributed by atoms with E-state index >= 15 is 0 Å². The Bertz CT molecular complexity index is 353. The molecule has 0 rings (SSSR count). The van der Waals surface area contributed by atoms with Crippen LogP contribution in [0.2, 0.25) is 0 Å². The van der Waals surface area contributed by atoms with Gasteiger partial charge in [-0.1, -0.05) is 20.8 Å². The fourth-order valence-electron chi connectivity index (χ4n) is 1.17. The number of rotatable bonds is 9. The summed E-state index contributed by atoms with van der Waals surface area (Å²) in [5.74, 6) is -0.390. The maximum Gasteiger partial charge on any atom is 0.311 e. The minimum Gasteiger partial charge on any atom is -0.464 e. The van der Waals surface area contributed by atoms with E-state index in [1.165, 1.54) is 0 Å². The Balaban J connectivity index is 0. The highest BCUT2D eigenvalue weighted by Crippen LogP contribution is 2.21. The summed E-state index contributed by atoms with van der Waals surface area (Å²) >= 11 is 0. The van der Waals surface area contributed by atoms with Gasteiger partial charge < -0.3 is 19.5 Å². The molecular formula is C18H37NO5. The third-order valence-corrected chi connectivity index (χ3v) is 3.69. The molecule has 0 spiro atoms. The zero-order valence-electron chi connectivity index (χ0n) is 16.7.